The van der Waals surface area contributed by atoms with Gasteiger partial charge >= 0.3 is 0 Å². The first kappa shape index (κ1) is 20.4. The van der Waals surface area contributed by atoms with Gasteiger partial charge in [-0.3, -0.25) is 0 Å². The van der Waals surface area contributed by atoms with Crippen LogP contribution in [0.4, 0.5) is 8.78 Å². The Labute approximate surface area is 171 Å². The normalized spacial score (nSPS) is 39.4. The minimum Gasteiger partial charge on any atom is -0.381 e. The van der Waals surface area contributed by atoms with Crippen LogP contribution in [0.3, 0.4) is 0 Å². The summed E-state index contributed by atoms with van der Waals surface area (Å²) in [6.45, 7) is 0. The van der Waals surface area contributed by atoms with Crippen LogP contribution in [-0.4, -0.2) is 41.7 Å². The number of allylic oxidation sites excluding steroid dienone is 4. The van der Waals surface area contributed by atoms with Crippen LogP contribution in [0.5, 0.6) is 0 Å². The lowest BCUT2D eigenvalue weighted by Crippen LogP contribution is -2.52. The maximum atomic E-state index is 14.8. The summed E-state index contributed by atoms with van der Waals surface area (Å²) >= 11 is 6.60. The summed E-state index contributed by atoms with van der Waals surface area (Å²) in [5.41, 5.74) is 2.11. The maximum absolute atomic E-state index is 14.8. The molecular weight excluding hydrogens is 384 g/mol. The van der Waals surface area contributed by atoms with Gasteiger partial charge in [-0.25, -0.2) is 8.78 Å². The van der Waals surface area contributed by atoms with Crippen molar-refractivity contribution in [2.75, 3.05) is 7.11 Å². The summed E-state index contributed by atoms with van der Waals surface area (Å²) in [6.07, 6.45) is 7.92. The second-order valence-corrected chi connectivity index (χ2v) is 8.99. The summed E-state index contributed by atoms with van der Waals surface area (Å²) in [6, 6.07) is -1.03. The average Bonchev–Trinajstić information content (AvgIpc) is 2.69. The van der Waals surface area contributed by atoms with Gasteiger partial charge in [0.05, 0.1) is 6.10 Å². The van der Waals surface area contributed by atoms with Gasteiger partial charge < -0.3 is 14.7 Å². The van der Waals surface area contributed by atoms with E-state index < -0.39 is 24.3 Å². The van der Waals surface area contributed by atoms with Crippen molar-refractivity contribution in [1.29, 1.82) is 0 Å². The number of alkyl halides is 1. The Hall–Kier alpha value is -0.910. The van der Waals surface area contributed by atoms with Gasteiger partial charge in [-0.1, -0.05) is 23.8 Å². The van der Waals surface area contributed by atoms with Crippen molar-refractivity contribution in [3.05, 3.63) is 34.3 Å². The molecule has 0 bridgehead atoms. The third-order valence-corrected chi connectivity index (χ3v) is 7.43. The molecule has 6 heteroatoms. The molecule has 3 nitrogen and oxygen atoms in total. The van der Waals surface area contributed by atoms with Gasteiger partial charge in [-0.15, -0.1) is 0 Å². The summed E-state index contributed by atoms with van der Waals surface area (Å²) in [4.78, 5) is 1.63. The zero-order chi connectivity index (χ0) is 19.8. The molecule has 0 saturated carbocycles. The number of halogens is 3. The largest absolute Gasteiger partial charge is 0.381 e. The Morgan fingerprint density at radius 1 is 1.18 bits per heavy atom. The van der Waals surface area contributed by atoms with Gasteiger partial charge in [0.25, 0.3) is 0 Å². The first-order chi connectivity index (χ1) is 13.5. The number of nitrogens with zero attached hydrogens (tertiary/aromatic N) is 1. The number of ether oxygens (including phenoxy) is 1. The van der Waals surface area contributed by atoms with Crippen molar-refractivity contribution in [1.82, 2.24) is 4.90 Å². The Morgan fingerprint density at radius 3 is 2.71 bits per heavy atom. The predicted molar refractivity (Wildman–Crippen MR) is 106 cm³/mol. The van der Waals surface area contributed by atoms with Crippen LogP contribution in [0, 0.1) is 11.8 Å². The van der Waals surface area contributed by atoms with Gasteiger partial charge in [0.1, 0.15) is 24.3 Å². The first-order valence-electron chi connectivity index (χ1n) is 10.6. The van der Waals surface area contributed by atoms with E-state index in [1.54, 1.807) is 12.0 Å². The van der Waals surface area contributed by atoms with E-state index in [1.165, 1.54) is 11.6 Å². The van der Waals surface area contributed by atoms with E-state index in [2.05, 4.69) is 6.08 Å². The molecule has 3 aliphatic carbocycles. The number of aliphatic hydroxyl groups is 1. The maximum Gasteiger partial charge on any atom is 0.127 e. The topological polar surface area (TPSA) is 32.7 Å². The van der Waals surface area contributed by atoms with Crippen molar-refractivity contribution >= 4 is 11.6 Å². The molecule has 0 spiro atoms. The van der Waals surface area contributed by atoms with Gasteiger partial charge in [-0.05, 0) is 62.9 Å². The molecule has 0 saturated heterocycles. The quantitative estimate of drug-likeness (QED) is 0.676. The lowest BCUT2D eigenvalue weighted by molar-refractivity contribution is -0.0499. The third-order valence-electron chi connectivity index (χ3n) is 7.00. The summed E-state index contributed by atoms with van der Waals surface area (Å²) < 4.78 is 35.2. The number of hydrogen-bond donors (Lipinski definition) is 1. The Balaban J connectivity index is 1.75. The molecule has 6 unspecified atom stereocenters. The van der Waals surface area contributed by atoms with Gasteiger partial charge in [0, 0.05) is 30.2 Å². The number of methoxy groups -OCH3 is 1. The highest BCUT2D eigenvalue weighted by Crippen LogP contribution is 2.49. The second kappa shape index (κ2) is 8.45. The van der Waals surface area contributed by atoms with E-state index in [9.17, 15) is 13.9 Å². The highest BCUT2D eigenvalue weighted by molar-refractivity contribution is 6.29. The summed E-state index contributed by atoms with van der Waals surface area (Å²) in [5, 5.41) is 11.7. The van der Waals surface area contributed by atoms with Crippen LogP contribution in [0.1, 0.15) is 57.8 Å². The predicted octanol–water partition coefficient (Wildman–Crippen LogP) is 5.36. The van der Waals surface area contributed by atoms with Crippen molar-refractivity contribution in [2.24, 2.45) is 11.8 Å². The van der Waals surface area contributed by atoms with Crippen LogP contribution in [0.2, 0.25) is 0 Å². The monoisotopic (exact) mass is 413 g/mol. The van der Waals surface area contributed by atoms with Gasteiger partial charge in [0.15, 0.2) is 0 Å². The lowest BCUT2D eigenvalue weighted by atomic mass is 9.70. The molecule has 0 radical (unpaired) electrons. The van der Waals surface area contributed by atoms with E-state index in [0.29, 0.717) is 19.3 Å². The minimum atomic E-state index is -1.31. The highest BCUT2D eigenvalue weighted by Gasteiger charge is 2.45. The van der Waals surface area contributed by atoms with Crippen LogP contribution in [0.25, 0.3) is 0 Å². The molecule has 4 rings (SSSR count). The van der Waals surface area contributed by atoms with Crippen LogP contribution in [-0.2, 0) is 4.74 Å². The van der Waals surface area contributed by atoms with Crippen molar-refractivity contribution in [3.63, 3.8) is 0 Å². The van der Waals surface area contributed by atoms with Crippen molar-refractivity contribution < 1.29 is 18.6 Å². The highest BCUT2D eigenvalue weighted by atomic mass is 35.5. The minimum absolute atomic E-state index is 0.0309. The fourth-order valence-electron chi connectivity index (χ4n) is 5.61. The Bertz CT molecular complexity index is 692. The van der Waals surface area contributed by atoms with E-state index in [0.717, 1.165) is 42.8 Å². The zero-order valence-electron chi connectivity index (χ0n) is 16.4. The summed E-state index contributed by atoms with van der Waals surface area (Å²) in [7, 11) is 1.69. The molecule has 1 heterocycles. The second-order valence-electron chi connectivity index (χ2n) is 8.56. The number of hydrogen-bond acceptors (Lipinski definition) is 3. The molecule has 6 atom stereocenters. The fourth-order valence-corrected chi connectivity index (χ4v) is 5.98. The number of aliphatic hydroxyl groups excluding tert-OH is 1. The van der Waals surface area contributed by atoms with Crippen molar-refractivity contribution in [3.8, 4) is 0 Å². The Morgan fingerprint density at radius 2 is 2.00 bits per heavy atom. The molecular formula is C22H30ClF2NO2. The number of rotatable bonds is 3. The fraction of sp³-hybridized carbons (Fsp3) is 0.727. The molecule has 0 amide bonds. The van der Waals surface area contributed by atoms with E-state index in [-0.39, 0.29) is 24.4 Å². The van der Waals surface area contributed by atoms with Gasteiger partial charge in [0.2, 0.25) is 0 Å². The molecule has 0 aromatic heterocycles. The standard InChI is InChI=1S/C22H30ClF2NO2/c1-28-13-11-16(14-5-2-3-6-17(14)23)15-9-10-21(27)26(20(15)12-13)22-18(24)7-4-8-19(22)25/h6-7,13-14,16,19,21-22,27H,2-5,8-12H2,1H3. The van der Waals surface area contributed by atoms with Gasteiger partial charge in [-0.2, -0.15) is 0 Å². The van der Waals surface area contributed by atoms with Crippen LogP contribution in [0.15, 0.2) is 34.3 Å². The average molecular weight is 414 g/mol. The Kier molecular flexibility index (Phi) is 6.15. The molecule has 1 N–H and O–H groups in total. The molecule has 0 aromatic rings. The molecule has 0 aromatic carbocycles. The van der Waals surface area contributed by atoms with Crippen molar-refractivity contribution in [2.45, 2.75) is 82.3 Å². The molecule has 1 aliphatic heterocycles. The molecule has 0 fully saturated rings. The summed E-state index contributed by atoms with van der Waals surface area (Å²) in [5.74, 6) is -0.0111. The SMILES string of the molecule is COC1CC2=C(CCC(O)N2C2C(F)=CCCC2F)C(C2CCCC=C2Cl)C1. The first-order valence-corrected chi connectivity index (χ1v) is 10.9. The van der Waals surface area contributed by atoms with E-state index in [4.69, 9.17) is 16.3 Å². The van der Waals surface area contributed by atoms with Crippen LogP contribution >= 0.6 is 11.6 Å². The molecule has 28 heavy (non-hydrogen) atoms. The lowest BCUT2D eigenvalue weighted by Gasteiger charge is -2.49. The smallest absolute Gasteiger partial charge is 0.127 e. The molecule has 156 valence electrons. The van der Waals surface area contributed by atoms with Crippen LogP contribution < -0.4 is 0 Å². The third kappa shape index (κ3) is 3.66. The van der Waals surface area contributed by atoms with E-state index in [1.807, 2.05) is 0 Å². The molecule has 4 aliphatic rings. The zero-order valence-corrected chi connectivity index (χ0v) is 17.2. The van der Waals surface area contributed by atoms with E-state index >= 15 is 0 Å².